The topological polar surface area (TPSA) is 13.6 Å². The van der Waals surface area contributed by atoms with E-state index in [2.05, 4.69) is 4.85 Å². The lowest BCUT2D eigenvalue weighted by molar-refractivity contribution is 0.144. The maximum Gasteiger partial charge on any atom is 0.292 e. The Morgan fingerprint density at radius 2 is 2.38 bits per heavy atom. The quantitative estimate of drug-likeness (QED) is 0.540. The van der Waals surface area contributed by atoms with Crippen LogP contribution in [0.5, 0.6) is 0 Å². The van der Waals surface area contributed by atoms with Crippen LogP contribution in [0.3, 0.4) is 0 Å². The lowest BCUT2D eigenvalue weighted by atomic mass is 10.4. The van der Waals surface area contributed by atoms with Crippen LogP contribution in [0.4, 0.5) is 0 Å². The first-order chi connectivity index (χ1) is 3.81. The zero-order chi connectivity index (χ0) is 6.41. The van der Waals surface area contributed by atoms with Crippen LogP contribution >= 0.6 is 0 Å². The van der Waals surface area contributed by atoms with E-state index in [0.717, 1.165) is 6.61 Å². The molecule has 0 saturated heterocycles. The highest BCUT2D eigenvalue weighted by Crippen LogP contribution is 1.87. The smallest absolute Gasteiger partial charge is 0.292 e. The lowest BCUT2D eigenvalue weighted by Crippen LogP contribution is -2.05. The van der Waals surface area contributed by atoms with Crippen molar-refractivity contribution in [1.82, 2.24) is 0 Å². The largest absolute Gasteiger partial charge is 0.373 e. The Hall–Kier alpha value is -0.550. The van der Waals surface area contributed by atoms with Gasteiger partial charge in [-0.1, -0.05) is 4.85 Å². The van der Waals surface area contributed by atoms with Crippen molar-refractivity contribution < 1.29 is 4.74 Å². The van der Waals surface area contributed by atoms with E-state index in [1.54, 1.807) is 0 Å². The van der Waals surface area contributed by atoms with Crippen molar-refractivity contribution in [3.05, 3.63) is 4.85 Å². The van der Waals surface area contributed by atoms with Crippen molar-refractivity contribution in [1.29, 1.82) is 0 Å². The number of rotatable bonds is 3. The van der Waals surface area contributed by atoms with E-state index in [1.807, 2.05) is 13.8 Å². The molecular weight excluding hydrogens is 102 g/mol. The van der Waals surface area contributed by atoms with E-state index in [-0.39, 0.29) is 6.04 Å². The number of nitrogens with zero attached hydrogens (tertiary/aromatic N) is 1. The average molecular weight is 114 g/mol. The van der Waals surface area contributed by atoms with Gasteiger partial charge in [-0.15, -0.1) is 0 Å². The van der Waals surface area contributed by atoms with E-state index >= 15 is 0 Å². The van der Waals surface area contributed by atoms with E-state index < -0.39 is 0 Å². The molecule has 0 N–H and O–H groups in total. The molecule has 0 aliphatic heterocycles. The van der Waals surface area contributed by atoms with Crippen molar-refractivity contribution in [2.75, 3.05) is 13.2 Å². The summed E-state index contributed by atoms with van der Waals surface area (Å²) in [6, 6.07) is 0.134. The van der Waals surface area contributed by atoms with E-state index in [0.29, 0.717) is 6.61 Å². The van der Waals surface area contributed by atoms with Crippen molar-refractivity contribution >= 4 is 0 Å². The second-order valence-corrected chi connectivity index (χ2v) is 1.66. The molecule has 0 aliphatic rings. The number of hydrogen-bond donors (Lipinski definition) is 0. The minimum atomic E-state index is 0.134. The molecule has 1 atom stereocenters. The van der Waals surface area contributed by atoms with E-state index in [9.17, 15) is 0 Å². The predicted octanol–water partition coefficient (Wildman–Crippen LogP) is 1.37. The van der Waals surface area contributed by atoms with E-state index in [4.69, 9.17) is 11.3 Å². The van der Waals surface area contributed by atoms with Gasteiger partial charge in [0.2, 0.25) is 0 Å². The van der Waals surface area contributed by atoms with Gasteiger partial charge in [0.15, 0.2) is 0 Å². The van der Waals surface area contributed by atoms with Gasteiger partial charge in [0.1, 0.15) is 6.61 Å². The molecule has 0 aliphatic carbocycles. The summed E-state index contributed by atoms with van der Waals surface area (Å²) >= 11 is 0. The maximum absolute atomic E-state index is 5.01. The summed E-state index contributed by atoms with van der Waals surface area (Å²) in [4.78, 5) is 3.50. The van der Waals surface area contributed by atoms with Crippen molar-refractivity contribution in [2.45, 2.75) is 19.9 Å². The minimum Gasteiger partial charge on any atom is -0.373 e. The molecule has 0 spiro atoms. The van der Waals surface area contributed by atoms with Gasteiger partial charge in [-0.25, -0.2) is 0 Å². The molecule has 0 amide bonds. The Labute approximate surface area is 50.3 Å². The first kappa shape index (κ1) is 7.45. The molecule has 0 saturated carbocycles. The first-order valence-corrected chi connectivity index (χ1v) is 2.79. The van der Waals surface area contributed by atoms with Gasteiger partial charge in [-0.2, -0.15) is 0 Å². The fourth-order valence-electron chi connectivity index (χ4n) is 0.331. The number of hydrogen-bond acceptors (Lipinski definition) is 1. The Kier molecular flexibility index (Phi) is 4.29. The maximum atomic E-state index is 5.01. The minimum absolute atomic E-state index is 0.134. The molecule has 0 unspecified atom stereocenters. The summed E-state index contributed by atoms with van der Waals surface area (Å²) < 4.78 is 5.01. The van der Waals surface area contributed by atoms with Gasteiger partial charge in [0.25, 0.3) is 12.6 Å². The highest BCUT2D eigenvalue weighted by atomic mass is 16.5. The summed E-state index contributed by atoms with van der Waals surface area (Å²) in [6.07, 6.45) is 0. The summed E-state index contributed by atoms with van der Waals surface area (Å²) in [6.45, 7) is 10.2. The summed E-state index contributed by atoms with van der Waals surface area (Å²) in [7, 11) is 0. The fourth-order valence-corrected chi connectivity index (χ4v) is 0.331. The van der Waals surface area contributed by atoms with Crippen molar-refractivity contribution in [3.8, 4) is 6.57 Å². The Bertz CT molecular complexity index is 85.0. The zero-order valence-electron chi connectivity index (χ0n) is 5.42. The standard InChI is InChI=1S/C6H12NO/c1-4-8-5-6(2)7-3/h3,6H,4-5H2,1-2H3/q+1/t6-/m0/s1. The molecule has 8 heavy (non-hydrogen) atoms. The van der Waals surface area contributed by atoms with Crippen LogP contribution < -0.4 is 0 Å². The first-order valence-electron chi connectivity index (χ1n) is 2.79. The van der Waals surface area contributed by atoms with Gasteiger partial charge in [0.05, 0.1) is 0 Å². The average Bonchev–Trinajstić information content (AvgIpc) is 1.83. The molecule has 0 aromatic rings. The van der Waals surface area contributed by atoms with Crippen LogP contribution in [0.2, 0.25) is 0 Å². The molecule has 0 fully saturated rings. The molecular formula is C6H12NO+. The summed E-state index contributed by atoms with van der Waals surface area (Å²) in [5.74, 6) is 0. The van der Waals surface area contributed by atoms with E-state index in [1.165, 1.54) is 0 Å². The van der Waals surface area contributed by atoms with Crippen LogP contribution in [0.25, 0.3) is 4.85 Å². The molecule has 46 valence electrons. The Morgan fingerprint density at radius 3 is 2.75 bits per heavy atom. The lowest BCUT2D eigenvalue weighted by Gasteiger charge is -1.93. The van der Waals surface area contributed by atoms with Crippen molar-refractivity contribution in [3.63, 3.8) is 0 Å². The molecule has 0 radical (unpaired) electrons. The monoisotopic (exact) mass is 114 g/mol. The third kappa shape index (κ3) is 3.63. The van der Waals surface area contributed by atoms with Gasteiger partial charge >= 0.3 is 0 Å². The van der Waals surface area contributed by atoms with Crippen LogP contribution in [0, 0.1) is 6.57 Å². The molecule has 0 heterocycles. The molecule has 2 heteroatoms. The Morgan fingerprint density at radius 1 is 1.75 bits per heavy atom. The van der Waals surface area contributed by atoms with Gasteiger partial charge in [-0.05, 0) is 6.92 Å². The SMILES string of the molecule is C#[N+][C@@H](C)COCC. The summed E-state index contributed by atoms with van der Waals surface area (Å²) in [5.41, 5.74) is 0. The summed E-state index contributed by atoms with van der Waals surface area (Å²) in [5, 5.41) is 0. The molecule has 0 bridgehead atoms. The third-order valence-electron chi connectivity index (χ3n) is 0.818. The fraction of sp³-hybridized carbons (Fsp3) is 0.833. The van der Waals surface area contributed by atoms with Crippen LogP contribution in [0.1, 0.15) is 13.8 Å². The highest BCUT2D eigenvalue weighted by Gasteiger charge is 2.05. The third-order valence-corrected chi connectivity index (χ3v) is 0.818. The van der Waals surface area contributed by atoms with Crippen LogP contribution in [0.15, 0.2) is 0 Å². The van der Waals surface area contributed by atoms with Crippen LogP contribution in [-0.2, 0) is 4.74 Å². The second kappa shape index (κ2) is 4.61. The zero-order valence-corrected chi connectivity index (χ0v) is 5.42. The Balaban J connectivity index is 3.02. The predicted molar refractivity (Wildman–Crippen MR) is 34.3 cm³/mol. The second-order valence-electron chi connectivity index (χ2n) is 1.66. The van der Waals surface area contributed by atoms with Crippen LogP contribution in [-0.4, -0.2) is 19.3 Å². The van der Waals surface area contributed by atoms with Crippen molar-refractivity contribution in [2.24, 2.45) is 0 Å². The highest BCUT2D eigenvalue weighted by molar-refractivity contribution is 4.76. The van der Waals surface area contributed by atoms with Gasteiger partial charge in [-0.3, -0.25) is 0 Å². The molecule has 0 aromatic carbocycles. The molecule has 2 nitrogen and oxygen atoms in total. The number of ether oxygens (including phenoxy) is 1. The normalized spacial score (nSPS) is 12.6. The molecule has 0 aromatic heterocycles. The molecule has 0 rings (SSSR count). The van der Waals surface area contributed by atoms with Gasteiger partial charge < -0.3 is 4.74 Å². The van der Waals surface area contributed by atoms with Gasteiger partial charge in [0, 0.05) is 13.5 Å².